The molecule has 3 aliphatic heterocycles. The van der Waals surface area contributed by atoms with E-state index in [2.05, 4.69) is 0 Å². The molecule has 2 fully saturated rings. The van der Waals surface area contributed by atoms with Gasteiger partial charge in [-0.1, -0.05) is 0 Å². The lowest BCUT2D eigenvalue weighted by Crippen LogP contribution is -2.41. The predicted molar refractivity (Wildman–Crippen MR) is 106 cm³/mol. The third kappa shape index (κ3) is 4.39. The zero-order valence-electron chi connectivity index (χ0n) is 16.7. The van der Waals surface area contributed by atoms with Gasteiger partial charge >= 0.3 is 5.97 Å². The number of likely N-dealkylation sites (tertiary alicyclic amines) is 1. The number of nitrogens with zero attached hydrogens (tertiary/aromatic N) is 2. The Labute approximate surface area is 175 Å². The Balaban J connectivity index is 1.31. The van der Waals surface area contributed by atoms with Crippen LogP contribution >= 0.6 is 0 Å². The number of benzene rings is 1. The highest BCUT2D eigenvalue weighted by atomic mass is 32.2. The van der Waals surface area contributed by atoms with Crippen LogP contribution in [-0.2, 0) is 24.3 Å². The number of hydrogen-bond acceptors (Lipinski definition) is 7. The summed E-state index contributed by atoms with van der Waals surface area (Å²) >= 11 is 0. The Bertz CT molecular complexity index is 904. The zero-order chi connectivity index (χ0) is 21.1. The highest BCUT2D eigenvalue weighted by molar-refractivity contribution is 7.89. The van der Waals surface area contributed by atoms with Gasteiger partial charge in [0.2, 0.25) is 10.0 Å². The van der Waals surface area contributed by atoms with Crippen LogP contribution in [0.25, 0.3) is 0 Å². The van der Waals surface area contributed by atoms with E-state index < -0.39 is 21.9 Å². The smallest absolute Gasteiger partial charge is 0.309 e. The molecule has 0 spiro atoms. The molecule has 4 rings (SSSR count). The molecule has 3 aliphatic rings. The second kappa shape index (κ2) is 8.81. The van der Waals surface area contributed by atoms with Gasteiger partial charge in [-0.3, -0.25) is 9.59 Å². The maximum absolute atomic E-state index is 13.0. The van der Waals surface area contributed by atoms with Gasteiger partial charge in [-0.05, 0) is 37.8 Å². The van der Waals surface area contributed by atoms with Crippen LogP contribution in [-0.4, -0.2) is 75.5 Å². The van der Waals surface area contributed by atoms with Crippen LogP contribution in [0.5, 0.6) is 11.5 Å². The van der Waals surface area contributed by atoms with Gasteiger partial charge in [0.15, 0.2) is 18.1 Å². The van der Waals surface area contributed by atoms with Crippen LogP contribution in [0.2, 0.25) is 0 Å². The third-order valence-electron chi connectivity index (χ3n) is 5.74. The zero-order valence-corrected chi connectivity index (χ0v) is 17.6. The van der Waals surface area contributed by atoms with E-state index in [0.29, 0.717) is 50.6 Å². The summed E-state index contributed by atoms with van der Waals surface area (Å²) < 4.78 is 43.4. The molecule has 3 heterocycles. The minimum Gasteiger partial charge on any atom is -0.486 e. The summed E-state index contributed by atoms with van der Waals surface area (Å²) in [6.45, 7) is 2.44. The van der Waals surface area contributed by atoms with Crippen molar-refractivity contribution in [2.75, 3.05) is 46.0 Å². The maximum Gasteiger partial charge on any atom is 0.309 e. The van der Waals surface area contributed by atoms with Crippen molar-refractivity contribution < 1.29 is 32.2 Å². The van der Waals surface area contributed by atoms with Gasteiger partial charge in [-0.2, -0.15) is 4.31 Å². The first kappa shape index (κ1) is 20.9. The number of carbonyl (C=O) groups is 2. The molecule has 0 aromatic heterocycles. The summed E-state index contributed by atoms with van der Waals surface area (Å²) in [5, 5.41) is 0. The summed E-state index contributed by atoms with van der Waals surface area (Å²) in [7, 11) is -3.70. The van der Waals surface area contributed by atoms with E-state index in [0.717, 1.165) is 12.8 Å². The molecule has 164 valence electrons. The SMILES string of the molecule is O=C(OCC(=O)N1CCCC1)C1CCN(S(=O)(=O)c2ccc3c(c2)OCCO3)CC1. The maximum atomic E-state index is 13.0. The van der Waals surface area contributed by atoms with Gasteiger partial charge in [0.1, 0.15) is 13.2 Å². The van der Waals surface area contributed by atoms with Crippen molar-refractivity contribution in [2.24, 2.45) is 5.92 Å². The van der Waals surface area contributed by atoms with Crippen LogP contribution < -0.4 is 9.47 Å². The van der Waals surface area contributed by atoms with Crippen LogP contribution in [0.3, 0.4) is 0 Å². The van der Waals surface area contributed by atoms with Crippen molar-refractivity contribution in [3.05, 3.63) is 18.2 Å². The fraction of sp³-hybridized carbons (Fsp3) is 0.600. The van der Waals surface area contributed by atoms with Gasteiger partial charge in [-0.15, -0.1) is 0 Å². The van der Waals surface area contributed by atoms with Crippen molar-refractivity contribution in [3.63, 3.8) is 0 Å². The average molecular weight is 439 g/mol. The Morgan fingerprint density at radius 1 is 1.00 bits per heavy atom. The van der Waals surface area contributed by atoms with Crippen molar-refractivity contribution >= 4 is 21.9 Å². The highest BCUT2D eigenvalue weighted by Crippen LogP contribution is 2.34. The molecule has 0 aliphatic carbocycles. The second-order valence-corrected chi connectivity index (χ2v) is 9.62. The summed E-state index contributed by atoms with van der Waals surface area (Å²) in [6, 6.07) is 4.59. The Kier molecular flexibility index (Phi) is 6.14. The fourth-order valence-corrected chi connectivity index (χ4v) is 5.46. The molecule has 0 atom stereocenters. The largest absolute Gasteiger partial charge is 0.486 e. The van der Waals surface area contributed by atoms with E-state index >= 15 is 0 Å². The minimum absolute atomic E-state index is 0.143. The number of ether oxygens (including phenoxy) is 3. The van der Waals surface area contributed by atoms with Crippen molar-refractivity contribution in [1.29, 1.82) is 0 Å². The topological polar surface area (TPSA) is 102 Å². The number of amides is 1. The number of carbonyl (C=O) groups excluding carboxylic acids is 2. The molecule has 0 saturated carbocycles. The van der Waals surface area contributed by atoms with Gasteiger partial charge < -0.3 is 19.1 Å². The Morgan fingerprint density at radius 2 is 1.67 bits per heavy atom. The minimum atomic E-state index is -3.70. The summed E-state index contributed by atoms with van der Waals surface area (Å²) in [5.41, 5.74) is 0. The predicted octanol–water partition coefficient (Wildman–Crippen LogP) is 1.02. The monoisotopic (exact) mass is 438 g/mol. The summed E-state index contributed by atoms with van der Waals surface area (Å²) in [4.78, 5) is 26.2. The first-order valence-electron chi connectivity index (χ1n) is 10.3. The quantitative estimate of drug-likeness (QED) is 0.633. The number of esters is 1. The standard InChI is InChI=1S/C20H26N2O7S/c23-19(21-7-1-2-8-21)14-29-20(24)15-5-9-22(10-6-15)30(25,26)16-3-4-17-18(13-16)28-12-11-27-17/h3-4,13,15H,1-2,5-12,14H2. The second-order valence-electron chi connectivity index (χ2n) is 7.68. The lowest BCUT2D eigenvalue weighted by molar-refractivity contribution is -0.156. The highest BCUT2D eigenvalue weighted by Gasteiger charge is 2.34. The van der Waals surface area contributed by atoms with E-state index in [1.54, 1.807) is 11.0 Å². The van der Waals surface area contributed by atoms with E-state index in [9.17, 15) is 18.0 Å². The van der Waals surface area contributed by atoms with Crippen LogP contribution in [0, 0.1) is 5.92 Å². The van der Waals surface area contributed by atoms with Gasteiger partial charge in [0, 0.05) is 32.2 Å². The van der Waals surface area contributed by atoms with Crippen LogP contribution in [0.1, 0.15) is 25.7 Å². The number of fused-ring (bicyclic) bond motifs is 1. The number of hydrogen-bond donors (Lipinski definition) is 0. The molecule has 0 radical (unpaired) electrons. The summed E-state index contributed by atoms with van der Waals surface area (Å²) in [6.07, 6.45) is 2.69. The average Bonchev–Trinajstić information content (AvgIpc) is 3.32. The first-order valence-corrected chi connectivity index (χ1v) is 11.7. The Hall–Kier alpha value is -2.33. The lowest BCUT2D eigenvalue weighted by atomic mass is 9.98. The molecule has 1 aromatic carbocycles. The van der Waals surface area contributed by atoms with E-state index in [1.165, 1.54) is 16.4 Å². The number of rotatable bonds is 5. The van der Waals surface area contributed by atoms with Gasteiger partial charge in [0.05, 0.1) is 10.8 Å². The van der Waals surface area contributed by atoms with Crippen molar-refractivity contribution in [1.82, 2.24) is 9.21 Å². The molecule has 30 heavy (non-hydrogen) atoms. The molecular weight excluding hydrogens is 412 g/mol. The molecule has 0 unspecified atom stereocenters. The molecule has 1 aromatic rings. The molecular formula is C20H26N2O7S. The normalized spacial score (nSPS) is 20.2. The van der Waals surface area contributed by atoms with Gasteiger partial charge in [-0.25, -0.2) is 8.42 Å². The fourth-order valence-electron chi connectivity index (χ4n) is 3.97. The van der Waals surface area contributed by atoms with Crippen LogP contribution in [0.4, 0.5) is 0 Å². The molecule has 10 heteroatoms. The van der Waals surface area contributed by atoms with E-state index in [-0.39, 0.29) is 30.5 Å². The molecule has 1 amide bonds. The van der Waals surface area contributed by atoms with Crippen molar-refractivity contribution in [3.8, 4) is 11.5 Å². The van der Waals surface area contributed by atoms with E-state index in [1.807, 2.05) is 0 Å². The van der Waals surface area contributed by atoms with E-state index in [4.69, 9.17) is 14.2 Å². The Morgan fingerprint density at radius 3 is 2.37 bits per heavy atom. The van der Waals surface area contributed by atoms with Crippen LogP contribution in [0.15, 0.2) is 23.1 Å². The summed E-state index contributed by atoms with van der Waals surface area (Å²) in [5.74, 6) is -0.0462. The number of sulfonamides is 1. The lowest BCUT2D eigenvalue weighted by Gasteiger charge is -2.30. The first-order chi connectivity index (χ1) is 14.4. The van der Waals surface area contributed by atoms with Gasteiger partial charge in [0.25, 0.3) is 5.91 Å². The molecule has 2 saturated heterocycles. The molecule has 0 N–H and O–H groups in total. The molecule has 0 bridgehead atoms. The number of piperidine rings is 1. The molecule has 9 nitrogen and oxygen atoms in total. The third-order valence-corrected chi connectivity index (χ3v) is 7.63. The van der Waals surface area contributed by atoms with Crippen molar-refractivity contribution in [2.45, 2.75) is 30.6 Å².